The summed E-state index contributed by atoms with van der Waals surface area (Å²) in [5, 5.41) is 2.73. The Bertz CT molecular complexity index is 932. The smallest absolute Gasteiger partial charge is 0.241 e. The largest absolute Gasteiger partial charge is 0.486 e. The lowest BCUT2D eigenvalue weighted by atomic mass is 10.1. The molecule has 1 aliphatic rings. The number of nitrogens with zero attached hydrogens (tertiary/aromatic N) is 1. The Morgan fingerprint density at radius 1 is 1.14 bits per heavy atom. The van der Waals surface area contributed by atoms with E-state index in [1.807, 2.05) is 6.07 Å². The van der Waals surface area contributed by atoms with Gasteiger partial charge in [-0.15, -0.1) is 0 Å². The van der Waals surface area contributed by atoms with Crippen molar-refractivity contribution in [2.24, 2.45) is 5.92 Å². The molecule has 0 bridgehead atoms. The monoisotopic (exact) mass is 405 g/mol. The lowest BCUT2D eigenvalue weighted by Crippen LogP contribution is -2.49. The van der Waals surface area contributed by atoms with E-state index >= 15 is 0 Å². The van der Waals surface area contributed by atoms with Crippen LogP contribution in [0.2, 0.25) is 0 Å². The maximum Gasteiger partial charge on any atom is 0.241 e. The highest BCUT2D eigenvalue weighted by molar-refractivity contribution is 7.89. The Morgan fingerprint density at radius 2 is 1.89 bits per heavy atom. The van der Waals surface area contributed by atoms with Gasteiger partial charge in [-0.05, 0) is 30.2 Å². The summed E-state index contributed by atoms with van der Waals surface area (Å²) in [5.41, 5.74) is 0.688. The zero-order valence-electron chi connectivity index (χ0n) is 15.7. The summed E-state index contributed by atoms with van der Waals surface area (Å²) in [6.07, 6.45) is 1.63. The molecule has 0 saturated carbocycles. The summed E-state index contributed by atoms with van der Waals surface area (Å²) in [6.45, 7) is 4.54. The molecule has 3 rings (SSSR count). The quantitative estimate of drug-likeness (QED) is 0.723. The van der Waals surface area contributed by atoms with Gasteiger partial charge in [0.05, 0.1) is 17.1 Å². The first-order valence-corrected chi connectivity index (χ1v) is 10.4. The topological polar surface area (TPSA) is 107 Å². The Balaban J connectivity index is 1.72. The molecule has 1 aliphatic heterocycles. The van der Waals surface area contributed by atoms with Crippen LogP contribution in [0, 0.1) is 5.92 Å². The van der Waals surface area contributed by atoms with Gasteiger partial charge in [0.25, 0.3) is 0 Å². The van der Waals surface area contributed by atoms with Gasteiger partial charge >= 0.3 is 0 Å². The maximum atomic E-state index is 12.8. The minimum absolute atomic E-state index is 0.0138. The molecule has 1 aromatic carbocycles. The van der Waals surface area contributed by atoms with E-state index in [0.717, 1.165) is 0 Å². The van der Waals surface area contributed by atoms with Crippen molar-refractivity contribution in [2.75, 3.05) is 13.2 Å². The number of aromatic nitrogens is 1. The summed E-state index contributed by atoms with van der Waals surface area (Å²) in [7, 11) is -3.93. The van der Waals surface area contributed by atoms with Crippen LogP contribution in [0.3, 0.4) is 0 Å². The number of hydrogen-bond acceptors (Lipinski definition) is 6. The number of amides is 1. The first-order valence-electron chi connectivity index (χ1n) is 8.96. The molecule has 0 spiro atoms. The summed E-state index contributed by atoms with van der Waals surface area (Å²) in [5.74, 6) is 0.200. The van der Waals surface area contributed by atoms with Crippen LogP contribution in [-0.4, -0.2) is 38.6 Å². The number of nitrogens with one attached hydrogen (secondary N) is 2. The lowest BCUT2D eigenvalue weighted by molar-refractivity contribution is -0.123. The molecule has 0 saturated heterocycles. The molecule has 0 radical (unpaired) electrons. The van der Waals surface area contributed by atoms with E-state index in [-0.39, 0.29) is 17.4 Å². The summed E-state index contributed by atoms with van der Waals surface area (Å²) >= 11 is 0. The zero-order valence-corrected chi connectivity index (χ0v) is 16.5. The number of carbonyl (C=O) groups is 1. The van der Waals surface area contributed by atoms with Gasteiger partial charge in [0.2, 0.25) is 15.9 Å². The van der Waals surface area contributed by atoms with Crippen molar-refractivity contribution in [1.29, 1.82) is 0 Å². The van der Waals surface area contributed by atoms with Crippen LogP contribution in [0.4, 0.5) is 0 Å². The lowest BCUT2D eigenvalue weighted by Gasteiger charge is -2.23. The Labute approximate surface area is 164 Å². The first-order chi connectivity index (χ1) is 13.4. The molecule has 8 nitrogen and oxygen atoms in total. The van der Waals surface area contributed by atoms with Gasteiger partial charge in [0.15, 0.2) is 11.5 Å². The second-order valence-corrected chi connectivity index (χ2v) is 8.40. The van der Waals surface area contributed by atoms with Crippen LogP contribution in [0.5, 0.6) is 11.5 Å². The molecule has 0 unspecified atom stereocenters. The molecule has 0 aliphatic carbocycles. The first kappa shape index (κ1) is 20.1. The van der Waals surface area contributed by atoms with E-state index in [9.17, 15) is 13.2 Å². The highest BCUT2D eigenvalue weighted by Gasteiger charge is 2.29. The van der Waals surface area contributed by atoms with Crippen LogP contribution >= 0.6 is 0 Å². The summed E-state index contributed by atoms with van der Waals surface area (Å²) in [6, 6.07) is 8.84. The third kappa shape index (κ3) is 4.79. The van der Waals surface area contributed by atoms with Gasteiger partial charge in [0, 0.05) is 12.3 Å². The SMILES string of the molecule is CC(C)[C@H](NS(=O)(=O)c1ccc2c(c1)OCCO2)C(=O)NCc1ccccn1. The maximum absolute atomic E-state index is 12.8. The van der Waals surface area contributed by atoms with Crippen molar-refractivity contribution in [3.05, 3.63) is 48.3 Å². The molecule has 9 heteroatoms. The average molecular weight is 405 g/mol. The number of ether oxygens (including phenoxy) is 2. The molecular formula is C19H23N3O5S. The predicted molar refractivity (Wildman–Crippen MR) is 102 cm³/mol. The molecule has 1 aromatic heterocycles. The molecule has 150 valence electrons. The molecular weight excluding hydrogens is 382 g/mol. The highest BCUT2D eigenvalue weighted by Crippen LogP contribution is 2.32. The van der Waals surface area contributed by atoms with E-state index < -0.39 is 22.0 Å². The molecule has 28 heavy (non-hydrogen) atoms. The highest BCUT2D eigenvalue weighted by atomic mass is 32.2. The minimum Gasteiger partial charge on any atom is -0.486 e. The number of benzene rings is 1. The van der Waals surface area contributed by atoms with Crippen LogP contribution < -0.4 is 19.5 Å². The van der Waals surface area contributed by atoms with Gasteiger partial charge in [-0.25, -0.2) is 8.42 Å². The van der Waals surface area contributed by atoms with Gasteiger partial charge in [-0.1, -0.05) is 19.9 Å². The number of hydrogen-bond donors (Lipinski definition) is 2. The van der Waals surface area contributed by atoms with Crippen molar-refractivity contribution in [2.45, 2.75) is 31.3 Å². The Hall–Kier alpha value is -2.65. The number of rotatable bonds is 7. The second kappa shape index (κ2) is 8.57. The van der Waals surface area contributed by atoms with Gasteiger partial charge in [0.1, 0.15) is 19.3 Å². The van der Waals surface area contributed by atoms with Crippen LogP contribution in [0.1, 0.15) is 19.5 Å². The normalized spacial score (nSPS) is 14.5. The van der Waals surface area contributed by atoms with E-state index in [1.54, 1.807) is 38.2 Å². The molecule has 0 fully saturated rings. The fourth-order valence-corrected chi connectivity index (χ4v) is 4.07. The van der Waals surface area contributed by atoms with E-state index in [4.69, 9.17) is 9.47 Å². The number of carbonyl (C=O) groups excluding carboxylic acids is 1. The molecule has 2 N–H and O–H groups in total. The van der Waals surface area contributed by atoms with Crippen molar-refractivity contribution in [1.82, 2.24) is 15.0 Å². The van der Waals surface area contributed by atoms with Crippen LogP contribution in [0.25, 0.3) is 0 Å². The second-order valence-electron chi connectivity index (χ2n) is 6.69. The molecule has 1 amide bonds. The fraction of sp³-hybridized carbons (Fsp3) is 0.368. The number of pyridine rings is 1. The Morgan fingerprint density at radius 3 is 2.57 bits per heavy atom. The average Bonchev–Trinajstić information content (AvgIpc) is 2.70. The third-order valence-corrected chi connectivity index (χ3v) is 5.66. The van der Waals surface area contributed by atoms with Crippen molar-refractivity contribution >= 4 is 15.9 Å². The van der Waals surface area contributed by atoms with Crippen molar-refractivity contribution < 1.29 is 22.7 Å². The van der Waals surface area contributed by atoms with Crippen LogP contribution in [0.15, 0.2) is 47.5 Å². The number of fused-ring (bicyclic) bond motifs is 1. The van der Waals surface area contributed by atoms with Gasteiger partial charge in [-0.3, -0.25) is 9.78 Å². The van der Waals surface area contributed by atoms with Crippen molar-refractivity contribution in [3.8, 4) is 11.5 Å². The third-order valence-electron chi connectivity index (χ3n) is 4.23. The van der Waals surface area contributed by atoms with Crippen LogP contribution in [-0.2, 0) is 21.4 Å². The molecule has 2 aromatic rings. The predicted octanol–water partition coefficient (Wildman–Crippen LogP) is 1.47. The number of sulfonamides is 1. The zero-order chi connectivity index (χ0) is 20.1. The van der Waals surface area contributed by atoms with E-state index in [2.05, 4.69) is 15.0 Å². The standard InChI is InChI=1S/C19H23N3O5S/c1-13(2)18(19(23)21-12-14-5-3-4-8-20-14)22-28(24,25)15-6-7-16-17(11-15)27-10-9-26-16/h3-8,11,13,18,22H,9-10,12H2,1-2H3,(H,21,23)/t18-/m0/s1. The molecule has 2 heterocycles. The van der Waals surface area contributed by atoms with E-state index in [1.165, 1.54) is 12.1 Å². The van der Waals surface area contributed by atoms with Gasteiger partial charge < -0.3 is 14.8 Å². The fourth-order valence-electron chi connectivity index (χ4n) is 2.71. The minimum atomic E-state index is -3.93. The molecule has 1 atom stereocenters. The summed E-state index contributed by atoms with van der Waals surface area (Å²) < 4.78 is 39.0. The van der Waals surface area contributed by atoms with Gasteiger partial charge in [-0.2, -0.15) is 4.72 Å². The van der Waals surface area contributed by atoms with E-state index in [0.29, 0.717) is 30.4 Å². The summed E-state index contributed by atoms with van der Waals surface area (Å²) in [4.78, 5) is 16.7. The Kier molecular flexibility index (Phi) is 6.15. The van der Waals surface area contributed by atoms with Crippen molar-refractivity contribution in [3.63, 3.8) is 0 Å².